The van der Waals surface area contributed by atoms with Crippen LogP contribution in [0.3, 0.4) is 0 Å². The lowest BCUT2D eigenvalue weighted by Crippen LogP contribution is -1.99. The monoisotopic (exact) mass is 291 g/mol. The van der Waals surface area contributed by atoms with Crippen molar-refractivity contribution in [2.45, 2.75) is 19.6 Å². The van der Waals surface area contributed by atoms with E-state index in [1.807, 2.05) is 0 Å². The summed E-state index contributed by atoms with van der Waals surface area (Å²) in [6, 6.07) is 10.1. The molecule has 1 N–H and O–H groups in total. The van der Waals surface area contributed by atoms with Gasteiger partial charge in [-0.1, -0.05) is 12.1 Å². The molecule has 2 aromatic carbocycles. The molecule has 0 fully saturated rings. The second-order valence-electron chi connectivity index (χ2n) is 4.61. The van der Waals surface area contributed by atoms with Crippen LogP contribution in [0.5, 0.6) is 5.75 Å². The molecule has 0 bridgehead atoms. The number of aliphatic hydroxyl groups excluding tert-OH is 1. The topological polar surface area (TPSA) is 72.6 Å². The second-order valence-corrected chi connectivity index (χ2v) is 4.61. The molecule has 110 valence electrons. The lowest BCUT2D eigenvalue weighted by molar-refractivity contribution is -0.385. The standard InChI is InChI=1S/C15H14FNO4/c1-10(18)12-2-4-15(5-3-12)21-9-11-6-13(16)8-14(7-11)17(19)20/h2-8,10,18H,9H2,1H3/t10-/m1/s1. The maximum absolute atomic E-state index is 13.3. The number of aliphatic hydroxyl groups is 1. The molecule has 0 amide bonds. The minimum Gasteiger partial charge on any atom is -0.489 e. The Bertz CT molecular complexity index is 641. The number of hydrogen-bond acceptors (Lipinski definition) is 4. The molecule has 0 spiro atoms. The predicted molar refractivity (Wildman–Crippen MR) is 74.5 cm³/mol. The molecule has 0 heterocycles. The van der Waals surface area contributed by atoms with E-state index in [0.717, 1.165) is 11.6 Å². The first kappa shape index (κ1) is 14.9. The van der Waals surface area contributed by atoms with Gasteiger partial charge in [-0.2, -0.15) is 0 Å². The summed E-state index contributed by atoms with van der Waals surface area (Å²) in [7, 11) is 0. The van der Waals surface area contributed by atoms with E-state index in [9.17, 15) is 19.6 Å². The highest BCUT2D eigenvalue weighted by atomic mass is 19.1. The molecule has 0 saturated heterocycles. The van der Waals surface area contributed by atoms with E-state index in [1.54, 1.807) is 31.2 Å². The molecule has 21 heavy (non-hydrogen) atoms. The zero-order valence-corrected chi connectivity index (χ0v) is 11.3. The summed E-state index contributed by atoms with van der Waals surface area (Å²) in [5.74, 6) is -0.140. The van der Waals surface area contributed by atoms with Gasteiger partial charge in [0.05, 0.1) is 17.1 Å². The first-order chi connectivity index (χ1) is 9.95. The molecule has 0 aliphatic carbocycles. The number of benzene rings is 2. The van der Waals surface area contributed by atoms with Crippen LogP contribution in [0.15, 0.2) is 42.5 Å². The first-order valence-corrected chi connectivity index (χ1v) is 6.30. The van der Waals surface area contributed by atoms with Crippen molar-refractivity contribution in [3.63, 3.8) is 0 Å². The van der Waals surface area contributed by atoms with Crippen LogP contribution in [0, 0.1) is 15.9 Å². The van der Waals surface area contributed by atoms with Gasteiger partial charge in [0, 0.05) is 6.07 Å². The highest BCUT2D eigenvalue weighted by molar-refractivity contribution is 5.35. The summed E-state index contributed by atoms with van der Waals surface area (Å²) in [5.41, 5.74) is 0.822. The van der Waals surface area contributed by atoms with Crippen LogP contribution >= 0.6 is 0 Å². The minimum absolute atomic E-state index is 0.0205. The van der Waals surface area contributed by atoms with Crippen LogP contribution in [0.25, 0.3) is 0 Å². The van der Waals surface area contributed by atoms with Crippen molar-refractivity contribution in [1.29, 1.82) is 0 Å². The molecule has 0 aliphatic rings. The molecular formula is C15H14FNO4. The highest BCUT2D eigenvalue weighted by Crippen LogP contribution is 2.20. The Balaban J connectivity index is 2.07. The maximum atomic E-state index is 13.3. The Labute approximate surface area is 120 Å². The van der Waals surface area contributed by atoms with Gasteiger partial charge in [-0.3, -0.25) is 10.1 Å². The summed E-state index contributed by atoms with van der Waals surface area (Å²) in [4.78, 5) is 10.0. The number of rotatable bonds is 5. The van der Waals surface area contributed by atoms with Crippen LogP contribution in [0.2, 0.25) is 0 Å². The Morgan fingerprint density at radius 2 is 1.95 bits per heavy atom. The number of nitro groups is 1. The highest BCUT2D eigenvalue weighted by Gasteiger charge is 2.10. The van der Waals surface area contributed by atoms with Crippen LogP contribution in [0.1, 0.15) is 24.2 Å². The third kappa shape index (κ3) is 4.00. The molecule has 0 aliphatic heterocycles. The summed E-state index contributed by atoms with van der Waals surface area (Å²) >= 11 is 0. The molecule has 2 rings (SSSR count). The number of nitrogens with zero attached hydrogens (tertiary/aromatic N) is 1. The Morgan fingerprint density at radius 3 is 2.52 bits per heavy atom. The molecule has 6 heteroatoms. The van der Waals surface area contributed by atoms with Crippen molar-refractivity contribution in [1.82, 2.24) is 0 Å². The van der Waals surface area contributed by atoms with E-state index in [0.29, 0.717) is 11.3 Å². The summed E-state index contributed by atoms with van der Waals surface area (Å²) in [6.07, 6.45) is -0.565. The number of non-ortho nitro benzene ring substituents is 1. The Kier molecular flexibility index (Phi) is 4.49. The van der Waals surface area contributed by atoms with Gasteiger partial charge in [0.15, 0.2) is 0 Å². The van der Waals surface area contributed by atoms with Gasteiger partial charge in [0.25, 0.3) is 5.69 Å². The van der Waals surface area contributed by atoms with Crippen molar-refractivity contribution in [3.8, 4) is 5.75 Å². The van der Waals surface area contributed by atoms with E-state index >= 15 is 0 Å². The Morgan fingerprint density at radius 1 is 1.29 bits per heavy atom. The second kappa shape index (κ2) is 6.32. The largest absolute Gasteiger partial charge is 0.489 e. The fourth-order valence-corrected chi connectivity index (χ4v) is 1.83. The number of nitro benzene ring substituents is 1. The summed E-state index contributed by atoms with van der Waals surface area (Å²) < 4.78 is 18.7. The first-order valence-electron chi connectivity index (χ1n) is 6.30. The van der Waals surface area contributed by atoms with Crippen LogP contribution in [0.4, 0.5) is 10.1 Å². The van der Waals surface area contributed by atoms with E-state index in [4.69, 9.17) is 4.74 Å². The lowest BCUT2D eigenvalue weighted by atomic mass is 10.1. The SMILES string of the molecule is C[C@@H](O)c1ccc(OCc2cc(F)cc([N+](=O)[O-])c2)cc1. The third-order valence-electron chi connectivity index (χ3n) is 2.92. The van der Waals surface area contributed by atoms with Crippen LogP contribution in [-0.2, 0) is 6.61 Å². The van der Waals surface area contributed by atoms with Crippen molar-refractivity contribution >= 4 is 5.69 Å². The average molecular weight is 291 g/mol. The normalized spacial score (nSPS) is 12.0. The third-order valence-corrected chi connectivity index (χ3v) is 2.92. The maximum Gasteiger partial charge on any atom is 0.272 e. The fourth-order valence-electron chi connectivity index (χ4n) is 1.83. The van der Waals surface area contributed by atoms with Gasteiger partial charge in [0.2, 0.25) is 0 Å². The van der Waals surface area contributed by atoms with Gasteiger partial charge in [-0.25, -0.2) is 4.39 Å². The van der Waals surface area contributed by atoms with E-state index < -0.39 is 16.8 Å². The molecule has 0 radical (unpaired) electrons. The van der Waals surface area contributed by atoms with E-state index in [1.165, 1.54) is 12.1 Å². The molecular weight excluding hydrogens is 277 g/mol. The van der Waals surface area contributed by atoms with Crippen LogP contribution < -0.4 is 4.74 Å². The molecule has 0 unspecified atom stereocenters. The molecule has 5 nitrogen and oxygen atoms in total. The number of hydrogen-bond donors (Lipinski definition) is 1. The van der Waals surface area contributed by atoms with Gasteiger partial charge in [-0.05, 0) is 36.2 Å². The van der Waals surface area contributed by atoms with Gasteiger partial charge in [0.1, 0.15) is 18.2 Å². The van der Waals surface area contributed by atoms with E-state index in [2.05, 4.69) is 0 Å². The Hall–Kier alpha value is -2.47. The van der Waals surface area contributed by atoms with Crippen LogP contribution in [-0.4, -0.2) is 10.0 Å². The van der Waals surface area contributed by atoms with Gasteiger partial charge < -0.3 is 9.84 Å². The summed E-state index contributed by atoms with van der Waals surface area (Å²) in [6.45, 7) is 1.67. The molecule has 0 saturated carbocycles. The molecule has 2 aromatic rings. The number of ether oxygens (including phenoxy) is 1. The zero-order chi connectivity index (χ0) is 15.4. The molecule has 1 atom stereocenters. The number of halogens is 1. The van der Waals surface area contributed by atoms with Crippen molar-refractivity contribution < 1.29 is 19.2 Å². The molecule has 0 aromatic heterocycles. The van der Waals surface area contributed by atoms with Crippen molar-refractivity contribution in [2.24, 2.45) is 0 Å². The van der Waals surface area contributed by atoms with Gasteiger partial charge in [-0.15, -0.1) is 0 Å². The lowest BCUT2D eigenvalue weighted by Gasteiger charge is -2.08. The minimum atomic E-state index is -0.674. The summed E-state index contributed by atoms with van der Waals surface area (Å²) in [5, 5.41) is 20.0. The zero-order valence-electron chi connectivity index (χ0n) is 11.3. The quantitative estimate of drug-likeness (QED) is 0.677. The van der Waals surface area contributed by atoms with Gasteiger partial charge >= 0.3 is 0 Å². The van der Waals surface area contributed by atoms with E-state index in [-0.39, 0.29) is 12.3 Å². The van der Waals surface area contributed by atoms with Crippen molar-refractivity contribution in [3.05, 3.63) is 69.5 Å². The fraction of sp³-hybridized carbons (Fsp3) is 0.200. The predicted octanol–water partition coefficient (Wildman–Crippen LogP) is 3.37. The average Bonchev–Trinajstić information content (AvgIpc) is 2.45. The smallest absolute Gasteiger partial charge is 0.272 e. The van der Waals surface area contributed by atoms with Crippen molar-refractivity contribution in [2.75, 3.05) is 0 Å².